The van der Waals surface area contributed by atoms with Crippen molar-refractivity contribution in [1.29, 1.82) is 0 Å². The Bertz CT molecular complexity index is 554. The van der Waals surface area contributed by atoms with E-state index >= 15 is 0 Å². The Morgan fingerprint density at radius 1 is 1.20 bits per heavy atom. The van der Waals surface area contributed by atoms with Crippen LogP contribution >= 0.6 is 20.9 Å². The van der Waals surface area contributed by atoms with E-state index in [-0.39, 0.29) is 5.56 Å². The van der Waals surface area contributed by atoms with Gasteiger partial charge < -0.3 is 0 Å². The molecule has 0 N–H and O–H groups in total. The van der Waals surface area contributed by atoms with Crippen LogP contribution in [0, 0.1) is 0 Å². The SMILES string of the molecule is CS(C)(S)n1ccc2ccccc2c1=O. The highest BCUT2D eigenvalue weighted by atomic mass is 33.1. The minimum absolute atomic E-state index is 0.0445. The monoisotopic (exact) mass is 239 g/mol. The summed E-state index contributed by atoms with van der Waals surface area (Å²) in [6.45, 7) is 0. The van der Waals surface area contributed by atoms with Crippen LogP contribution in [0.15, 0.2) is 41.3 Å². The number of nitrogens with zero attached hydrogens (tertiary/aromatic N) is 1. The van der Waals surface area contributed by atoms with Crippen molar-refractivity contribution in [1.82, 2.24) is 3.97 Å². The minimum Gasteiger partial charge on any atom is -0.268 e. The predicted molar refractivity (Wildman–Crippen MR) is 72.0 cm³/mol. The van der Waals surface area contributed by atoms with Crippen molar-refractivity contribution < 1.29 is 0 Å². The molecule has 15 heavy (non-hydrogen) atoms. The topological polar surface area (TPSA) is 22.0 Å². The smallest absolute Gasteiger partial charge is 0.267 e. The molecule has 2 nitrogen and oxygen atoms in total. The molecule has 1 aromatic carbocycles. The number of rotatable bonds is 1. The Balaban J connectivity index is 2.83. The van der Waals surface area contributed by atoms with Crippen molar-refractivity contribution in [3.8, 4) is 0 Å². The summed E-state index contributed by atoms with van der Waals surface area (Å²) in [7, 11) is -1.33. The fourth-order valence-corrected chi connectivity index (χ4v) is 2.77. The van der Waals surface area contributed by atoms with Gasteiger partial charge in [-0.25, -0.2) is 0 Å². The molecule has 0 spiro atoms. The minimum atomic E-state index is -1.33. The third kappa shape index (κ3) is 1.92. The zero-order chi connectivity index (χ0) is 11.1. The van der Waals surface area contributed by atoms with Gasteiger partial charge in [-0.05, 0) is 30.0 Å². The van der Waals surface area contributed by atoms with Crippen LogP contribution < -0.4 is 5.56 Å². The van der Waals surface area contributed by atoms with Crippen molar-refractivity contribution in [3.05, 3.63) is 46.9 Å². The van der Waals surface area contributed by atoms with Crippen molar-refractivity contribution in [2.45, 2.75) is 0 Å². The predicted octanol–water partition coefficient (Wildman–Crippen LogP) is 2.67. The van der Waals surface area contributed by atoms with E-state index in [9.17, 15) is 4.79 Å². The molecule has 80 valence electrons. The molecule has 0 aliphatic heterocycles. The number of pyridine rings is 1. The number of hydrogen-bond acceptors (Lipinski definition) is 2. The first-order valence-corrected chi connectivity index (χ1v) is 8.03. The Hall–Kier alpha value is -0.870. The van der Waals surface area contributed by atoms with E-state index < -0.39 is 9.25 Å². The largest absolute Gasteiger partial charge is 0.268 e. The summed E-state index contributed by atoms with van der Waals surface area (Å²) in [6, 6.07) is 9.58. The van der Waals surface area contributed by atoms with E-state index in [2.05, 4.69) is 11.7 Å². The van der Waals surface area contributed by atoms with Crippen LogP contribution in [0.3, 0.4) is 0 Å². The molecule has 1 aromatic heterocycles. The number of fused-ring (bicyclic) bond motifs is 1. The second kappa shape index (κ2) is 3.61. The molecule has 0 radical (unpaired) electrons. The highest BCUT2D eigenvalue weighted by molar-refractivity contribution is 8.86. The number of thiol groups is 1. The van der Waals surface area contributed by atoms with Gasteiger partial charge >= 0.3 is 0 Å². The maximum Gasteiger partial charge on any atom is 0.267 e. The summed E-state index contributed by atoms with van der Waals surface area (Å²) >= 11 is 4.49. The third-order valence-corrected chi connectivity index (χ3v) is 4.04. The van der Waals surface area contributed by atoms with Gasteiger partial charge in [0, 0.05) is 11.6 Å². The van der Waals surface area contributed by atoms with E-state index in [0.717, 1.165) is 10.8 Å². The summed E-state index contributed by atoms with van der Waals surface area (Å²) in [6.07, 6.45) is 5.78. The molecule has 1 heterocycles. The Labute approximate surface area is 95.2 Å². The Morgan fingerprint density at radius 2 is 1.87 bits per heavy atom. The van der Waals surface area contributed by atoms with E-state index in [4.69, 9.17) is 0 Å². The van der Waals surface area contributed by atoms with E-state index in [1.807, 2.05) is 49.0 Å². The second-order valence-corrected chi connectivity index (χ2v) is 9.27. The van der Waals surface area contributed by atoms with Crippen molar-refractivity contribution >= 4 is 31.7 Å². The molecule has 0 atom stereocenters. The Kier molecular flexibility index (Phi) is 2.56. The summed E-state index contributed by atoms with van der Waals surface area (Å²) in [5.74, 6) is 0. The molecule has 2 rings (SSSR count). The molecule has 0 fully saturated rings. The van der Waals surface area contributed by atoms with Crippen LogP contribution in [0.25, 0.3) is 10.8 Å². The van der Waals surface area contributed by atoms with Crippen LogP contribution in [0.1, 0.15) is 0 Å². The van der Waals surface area contributed by atoms with E-state index in [1.165, 1.54) is 0 Å². The summed E-state index contributed by atoms with van der Waals surface area (Å²) in [4.78, 5) is 12.1. The Morgan fingerprint density at radius 3 is 2.53 bits per heavy atom. The van der Waals surface area contributed by atoms with Crippen molar-refractivity contribution in [2.75, 3.05) is 12.5 Å². The lowest BCUT2D eigenvalue weighted by molar-refractivity contribution is 1.17. The molecular formula is C11H13NOS2. The average molecular weight is 239 g/mol. The van der Waals surface area contributed by atoms with Crippen LogP contribution in [0.4, 0.5) is 0 Å². The summed E-state index contributed by atoms with van der Waals surface area (Å²) < 4.78 is 1.72. The maximum atomic E-state index is 12.1. The van der Waals surface area contributed by atoms with Gasteiger partial charge in [0.05, 0.1) is 0 Å². The molecule has 0 unspecified atom stereocenters. The van der Waals surface area contributed by atoms with Gasteiger partial charge in [0.2, 0.25) is 0 Å². The van der Waals surface area contributed by atoms with Gasteiger partial charge in [0.25, 0.3) is 5.56 Å². The molecule has 0 aliphatic carbocycles. The molecule has 0 saturated heterocycles. The van der Waals surface area contributed by atoms with Gasteiger partial charge in [-0.1, -0.05) is 18.2 Å². The van der Waals surface area contributed by atoms with Gasteiger partial charge in [-0.3, -0.25) is 8.77 Å². The molecule has 0 saturated carbocycles. The first-order chi connectivity index (χ1) is 7.00. The lowest BCUT2D eigenvalue weighted by Gasteiger charge is -2.26. The molecule has 2 aromatic rings. The highest BCUT2D eigenvalue weighted by Gasteiger charge is 2.11. The fraction of sp³-hybridized carbons (Fsp3) is 0.182. The van der Waals surface area contributed by atoms with Gasteiger partial charge in [-0.2, -0.15) is 0 Å². The fourth-order valence-electron chi connectivity index (χ4n) is 1.52. The van der Waals surface area contributed by atoms with Crippen LogP contribution in [-0.2, 0) is 0 Å². The van der Waals surface area contributed by atoms with Gasteiger partial charge in [0.15, 0.2) is 0 Å². The van der Waals surface area contributed by atoms with Crippen LogP contribution in [-0.4, -0.2) is 16.5 Å². The lowest BCUT2D eigenvalue weighted by Crippen LogP contribution is -2.20. The molecular weight excluding hydrogens is 226 g/mol. The standard InChI is InChI=1S/C11H13NOS2/c1-15(2,14)12-8-7-9-5-3-4-6-10(9)11(12)13/h3-8,14H,1-2H3. The maximum absolute atomic E-state index is 12.1. The third-order valence-electron chi connectivity index (χ3n) is 2.26. The lowest BCUT2D eigenvalue weighted by atomic mass is 10.2. The summed E-state index contributed by atoms with van der Waals surface area (Å²) in [5, 5.41) is 1.74. The van der Waals surface area contributed by atoms with Crippen LogP contribution in [0.5, 0.6) is 0 Å². The van der Waals surface area contributed by atoms with Crippen molar-refractivity contribution in [3.63, 3.8) is 0 Å². The highest BCUT2D eigenvalue weighted by Crippen LogP contribution is 2.44. The molecule has 4 heteroatoms. The zero-order valence-electron chi connectivity index (χ0n) is 8.68. The number of aromatic nitrogens is 1. The van der Waals surface area contributed by atoms with Gasteiger partial charge in [0.1, 0.15) is 0 Å². The van der Waals surface area contributed by atoms with Gasteiger partial charge in [-0.15, -0.1) is 20.9 Å². The molecule has 0 aliphatic rings. The molecule has 0 amide bonds. The summed E-state index contributed by atoms with van der Waals surface area (Å²) in [5.41, 5.74) is 0.0445. The molecule has 0 bridgehead atoms. The normalized spacial score (nSPS) is 13.0. The van der Waals surface area contributed by atoms with E-state index in [0.29, 0.717) is 0 Å². The second-order valence-electron chi connectivity index (χ2n) is 3.75. The van der Waals surface area contributed by atoms with Crippen molar-refractivity contribution in [2.24, 2.45) is 0 Å². The van der Waals surface area contributed by atoms with E-state index in [1.54, 1.807) is 3.97 Å². The first-order valence-electron chi connectivity index (χ1n) is 4.57. The van der Waals surface area contributed by atoms with Crippen LogP contribution in [0.2, 0.25) is 0 Å². The first kappa shape index (κ1) is 10.6. The number of hydrogen-bond donors (Lipinski definition) is 1. The zero-order valence-corrected chi connectivity index (χ0v) is 10.4. The number of benzene rings is 1. The average Bonchev–Trinajstić information content (AvgIpc) is 2.16. The quantitative estimate of drug-likeness (QED) is 0.600.